The average molecular weight is 210 g/mol. The molecular formula is C11H14O4. The number of carbonyl (C=O) groups is 1. The second kappa shape index (κ2) is 4.79. The maximum atomic E-state index is 10.8. The Kier molecular flexibility index (Phi) is 3.68. The molecule has 0 heterocycles. The highest BCUT2D eigenvalue weighted by atomic mass is 16.4. The highest BCUT2D eigenvalue weighted by molar-refractivity contribution is 5.71. The summed E-state index contributed by atoms with van der Waals surface area (Å²) < 4.78 is 0. The van der Waals surface area contributed by atoms with Crippen LogP contribution in [-0.4, -0.2) is 21.3 Å². The van der Waals surface area contributed by atoms with Crippen LogP contribution in [0.3, 0.4) is 0 Å². The number of aliphatic carboxylic acids is 1. The van der Waals surface area contributed by atoms with Crippen molar-refractivity contribution < 1.29 is 20.1 Å². The Bertz CT molecular complexity index is 348. The first-order valence-electron chi connectivity index (χ1n) is 4.76. The van der Waals surface area contributed by atoms with Crippen molar-refractivity contribution in [2.24, 2.45) is 5.92 Å². The van der Waals surface area contributed by atoms with Crippen LogP contribution < -0.4 is 0 Å². The Morgan fingerprint density at radius 3 is 2.60 bits per heavy atom. The van der Waals surface area contributed by atoms with Gasteiger partial charge >= 0.3 is 5.97 Å². The normalized spacial score (nSPS) is 14.5. The van der Waals surface area contributed by atoms with E-state index in [2.05, 4.69) is 0 Å². The Morgan fingerprint density at radius 1 is 1.47 bits per heavy atom. The molecule has 2 unspecified atom stereocenters. The van der Waals surface area contributed by atoms with Crippen molar-refractivity contribution in [3.05, 3.63) is 29.8 Å². The van der Waals surface area contributed by atoms with Gasteiger partial charge in [-0.3, -0.25) is 4.79 Å². The van der Waals surface area contributed by atoms with E-state index >= 15 is 0 Å². The fraction of sp³-hybridized carbons (Fsp3) is 0.364. The van der Waals surface area contributed by atoms with Gasteiger partial charge in [0.25, 0.3) is 0 Å². The molecule has 0 aliphatic carbocycles. The lowest BCUT2D eigenvalue weighted by Crippen LogP contribution is -2.21. The number of rotatable bonds is 4. The molecule has 2 atom stereocenters. The number of hydrogen-bond donors (Lipinski definition) is 3. The van der Waals surface area contributed by atoms with Gasteiger partial charge in [0, 0.05) is 0 Å². The standard InChI is InChI=1S/C11H14O4/c1-2-9(11(14)15)10(13)7-4-3-5-8(12)6-7/h3-6,9-10,12-13H,2H2,1H3,(H,14,15). The van der Waals surface area contributed by atoms with Crippen LogP contribution in [-0.2, 0) is 4.79 Å². The van der Waals surface area contributed by atoms with Crippen LogP contribution in [0.25, 0.3) is 0 Å². The maximum absolute atomic E-state index is 10.8. The summed E-state index contributed by atoms with van der Waals surface area (Å²) in [6.45, 7) is 1.70. The molecule has 4 nitrogen and oxygen atoms in total. The van der Waals surface area contributed by atoms with Gasteiger partial charge in [0.1, 0.15) is 5.75 Å². The van der Waals surface area contributed by atoms with Crippen molar-refractivity contribution in [3.8, 4) is 5.75 Å². The largest absolute Gasteiger partial charge is 0.508 e. The summed E-state index contributed by atoms with van der Waals surface area (Å²) >= 11 is 0. The highest BCUT2D eigenvalue weighted by Crippen LogP contribution is 2.26. The van der Waals surface area contributed by atoms with E-state index in [1.54, 1.807) is 19.1 Å². The van der Waals surface area contributed by atoms with E-state index in [0.717, 1.165) is 0 Å². The number of aliphatic hydroxyl groups excluding tert-OH is 1. The molecule has 15 heavy (non-hydrogen) atoms. The molecule has 82 valence electrons. The van der Waals surface area contributed by atoms with E-state index in [-0.39, 0.29) is 5.75 Å². The first-order valence-corrected chi connectivity index (χ1v) is 4.76. The van der Waals surface area contributed by atoms with Gasteiger partial charge in [-0.15, -0.1) is 0 Å². The lowest BCUT2D eigenvalue weighted by atomic mass is 9.93. The monoisotopic (exact) mass is 210 g/mol. The number of carboxylic acid groups (broad SMARTS) is 1. The lowest BCUT2D eigenvalue weighted by Gasteiger charge is -2.17. The third-order valence-corrected chi connectivity index (χ3v) is 2.35. The van der Waals surface area contributed by atoms with E-state index in [9.17, 15) is 15.0 Å². The minimum atomic E-state index is -1.08. The third kappa shape index (κ3) is 2.70. The molecule has 0 fully saturated rings. The van der Waals surface area contributed by atoms with Crippen LogP contribution in [0.4, 0.5) is 0 Å². The molecule has 0 saturated carbocycles. The first kappa shape index (κ1) is 11.5. The third-order valence-electron chi connectivity index (χ3n) is 2.35. The molecule has 0 saturated heterocycles. The molecule has 4 heteroatoms. The zero-order chi connectivity index (χ0) is 11.4. The second-order valence-corrected chi connectivity index (χ2v) is 3.39. The Hall–Kier alpha value is -1.55. The Labute approximate surface area is 87.8 Å². The van der Waals surface area contributed by atoms with Crippen molar-refractivity contribution in [3.63, 3.8) is 0 Å². The van der Waals surface area contributed by atoms with Crippen molar-refractivity contribution in [2.75, 3.05) is 0 Å². The smallest absolute Gasteiger partial charge is 0.309 e. The molecule has 0 bridgehead atoms. The fourth-order valence-electron chi connectivity index (χ4n) is 1.47. The number of phenols is 1. The van der Waals surface area contributed by atoms with Crippen LogP contribution in [0.5, 0.6) is 5.75 Å². The minimum absolute atomic E-state index is 0.0202. The molecule has 0 spiro atoms. The molecule has 1 rings (SSSR count). The molecule has 0 aliphatic rings. The minimum Gasteiger partial charge on any atom is -0.508 e. The van der Waals surface area contributed by atoms with Crippen LogP contribution in [0.1, 0.15) is 25.0 Å². The summed E-state index contributed by atoms with van der Waals surface area (Å²) in [5, 5.41) is 27.8. The molecular weight excluding hydrogens is 196 g/mol. The van der Waals surface area contributed by atoms with Gasteiger partial charge in [-0.25, -0.2) is 0 Å². The highest BCUT2D eigenvalue weighted by Gasteiger charge is 2.25. The van der Waals surface area contributed by atoms with Crippen LogP contribution in [0.2, 0.25) is 0 Å². The van der Waals surface area contributed by atoms with E-state index in [4.69, 9.17) is 5.11 Å². The van der Waals surface area contributed by atoms with Gasteiger partial charge in [-0.1, -0.05) is 19.1 Å². The van der Waals surface area contributed by atoms with Crippen LogP contribution in [0.15, 0.2) is 24.3 Å². The van der Waals surface area contributed by atoms with E-state index in [0.29, 0.717) is 12.0 Å². The van der Waals surface area contributed by atoms with Crippen LogP contribution in [0, 0.1) is 5.92 Å². The zero-order valence-electron chi connectivity index (χ0n) is 8.42. The van der Waals surface area contributed by atoms with Gasteiger partial charge < -0.3 is 15.3 Å². The molecule has 1 aromatic rings. The fourth-order valence-corrected chi connectivity index (χ4v) is 1.47. The summed E-state index contributed by atoms with van der Waals surface area (Å²) in [5.74, 6) is -1.85. The summed E-state index contributed by atoms with van der Waals surface area (Å²) in [7, 11) is 0. The van der Waals surface area contributed by atoms with E-state index in [1.165, 1.54) is 12.1 Å². The topological polar surface area (TPSA) is 77.8 Å². The van der Waals surface area contributed by atoms with Gasteiger partial charge in [0.2, 0.25) is 0 Å². The summed E-state index contributed by atoms with van der Waals surface area (Å²) in [6, 6.07) is 6.01. The van der Waals surface area contributed by atoms with Gasteiger partial charge in [0.05, 0.1) is 12.0 Å². The summed E-state index contributed by atoms with van der Waals surface area (Å²) in [5.41, 5.74) is 0.421. The average Bonchev–Trinajstić information content (AvgIpc) is 2.18. The van der Waals surface area contributed by atoms with E-state index < -0.39 is 18.0 Å². The first-order chi connectivity index (χ1) is 7.06. The van der Waals surface area contributed by atoms with Gasteiger partial charge in [-0.2, -0.15) is 0 Å². The Balaban J connectivity index is 2.92. The predicted octanol–water partition coefficient (Wildman–Crippen LogP) is 1.54. The predicted molar refractivity (Wildman–Crippen MR) is 54.5 cm³/mol. The quantitative estimate of drug-likeness (QED) is 0.704. The SMILES string of the molecule is CCC(C(=O)O)C(O)c1cccc(O)c1. The van der Waals surface area contributed by atoms with Crippen molar-refractivity contribution in [2.45, 2.75) is 19.4 Å². The number of aliphatic hydroxyl groups is 1. The molecule has 0 amide bonds. The molecule has 0 radical (unpaired) electrons. The van der Waals surface area contributed by atoms with Crippen molar-refractivity contribution in [1.29, 1.82) is 0 Å². The summed E-state index contributed by atoms with van der Waals surface area (Å²) in [4.78, 5) is 10.8. The number of aromatic hydroxyl groups is 1. The summed E-state index contributed by atoms with van der Waals surface area (Å²) in [6.07, 6.45) is -0.744. The molecule has 0 aromatic heterocycles. The number of hydrogen-bond acceptors (Lipinski definition) is 3. The Morgan fingerprint density at radius 2 is 2.13 bits per heavy atom. The van der Waals surface area contributed by atoms with Crippen LogP contribution >= 0.6 is 0 Å². The number of carboxylic acids is 1. The second-order valence-electron chi connectivity index (χ2n) is 3.39. The number of benzene rings is 1. The molecule has 1 aromatic carbocycles. The maximum Gasteiger partial charge on any atom is 0.309 e. The van der Waals surface area contributed by atoms with Gasteiger partial charge in [-0.05, 0) is 24.1 Å². The number of phenolic OH excluding ortho intramolecular Hbond substituents is 1. The van der Waals surface area contributed by atoms with Crippen molar-refractivity contribution in [1.82, 2.24) is 0 Å². The molecule has 3 N–H and O–H groups in total. The zero-order valence-corrected chi connectivity index (χ0v) is 8.42. The lowest BCUT2D eigenvalue weighted by molar-refractivity contribution is -0.146. The van der Waals surface area contributed by atoms with E-state index in [1.807, 2.05) is 0 Å². The molecule has 0 aliphatic heterocycles. The van der Waals surface area contributed by atoms with Crippen molar-refractivity contribution >= 4 is 5.97 Å². The van der Waals surface area contributed by atoms with Gasteiger partial charge in [0.15, 0.2) is 0 Å².